The van der Waals surface area contributed by atoms with E-state index in [4.69, 9.17) is 0 Å². The highest BCUT2D eigenvalue weighted by Gasteiger charge is 1.74. The zero-order chi connectivity index (χ0) is 10.2. The summed E-state index contributed by atoms with van der Waals surface area (Å²) < 4.78 is 0. The van der Waals surface area contributed by atoms with Crippen LogP contribution in [0.3, 0.4) is 0 Å². The molecule has 2 aromatic rings. The number of aryl methyl sites for hydroxylation is 2. The maximum Gasteiger partial charge on any atom is 0.0372 e. The minimum atomic E-state index is 0. The molecule has 0 atom stereocenters. The molecule has 0 fully saturated rings. The molecule has 0 aliphatic rings. The smallest absolute Gasteiger partial charge is 0.0372 e. The number of hydrogen-bond acceptors (Lipinski definition) is 2. The Bertz CT molecular complexity index is 314. The van der Waals surface area contributed by atoms with Gasteiger partial charge in [0.25, 0.3) is 0 Å². The van der Waals surface area contributed by atoms with Crippen LogP contribution in [0.15, 0.2) is 48.8 Å². The third-order valence-corrected chi connectivity index (χ3v) is 1.63. The maximum atomic E-state index is 3.98. The number of halogens is 2. The molecule has 2 nitrogen and oxygen atoms in total. The highest BCUT2D eigenvalue weighted by Crippen LogP contribution is 1.86. The molecule has 0 aromatic carbocycles. The zero-order valence-corrected chi connectivity index (χ0v) is 12.8. The predicted molar refractivity (Wildman–Crippen MR) is 78.6 cm³/mol. The second kappa shape index (κ2) is 10.8. The van der Waals surface area contributed by atoms with Crippen molar-refractivity contribution in [3.8, 4) is 0 Å². The molecule has 0 spiro atoms. The number of aromatic nitrogens is 2. The molecule has 2 heterocycles. The molecule has 2 aromatic heterocycles. The first kappa shape index (κ1) is 17.6. The van der Waals surface area contributed by atoms with Gasteiger partial charge in [0.15, 0.2) is 0 Å². The molecule has 4 heteroatoms. The fourth-order valence-electron chi connectivity index (χ4n) is 0.896. The zero-order valence-electron chi connectivity index (χ0n) is 9.33. The summed E-state index contributed by atoms with van der Waals surface area (Å²) in [5, 5.41) is 0. The minimum Gasteiger partial charge on any atom is -0.262 e. The van der Waals surface area contributed by atoms with Gasteiger partial charge >= 0.3 is 0 Å². The Labute approximate surface area is 118 Å². The Kier molecular flexibility index (Phi) is 11.9. The lowest BCUT2D eigenvalue weighted by Crippen LogP contribution is -1.72. The molecule has 0 N–H and O–H groups in total. The first-order valence-corrected chi connectivity index (χ1v) is 4.54. The summed E-state index contributed by atoms with van der Waals surface area (Å²) in [6.45, 7) is 3.94. The lowest BCUT2D eigenvalue weighted by atomic mass is 10.4. The molecule has 0 bridgehead atoms. The molecule has 88 valence electrons. The Balaban J connectivity index is 0. The first-order valence-electron chi connectivity index (χ1n) is 4.54. The van der Waals surface area contributed by atoms with Gasteiger partial charge in [-0.15, -0.1) is 34.0 Å². The van der Waals surface area contributed by atoms with Crippen molar-refractivity contribution in [2.75, 3.05) is 0 Å². The van der Waals surface area contributed by atoms with Crippen LogP contribution in [-0.2, 0) is 0 Å². The molecule has 0 amide bonds. The second-order valence-corrected chi connectivity index (χ2v) is 2.94. The largest absolute Gasteiger partial charge is 0.262 e. The van der Waals surface area contributed by atoms with Crippen LogP contribution in [-0.4, -0.2) is 9.97 Å². The lowest BCUT2D eigenvalue weighted by Gasteiger charge is -1.82. The average molecular weight is 348 g/mol. The Morgan fingerprint density at radius 1 is 0.688 bits per heavy atom. The molecular formula is C12H16Br2N2. The summed E-state index contributed by atoms with van der Waals surface area (Å²) in [4.78, 5) is 7.96. The number of pyridine rings is 2. The van der Waals surface area contributed by atoms with Crippen molar-refractivity contribution in [1.29, 1.82) is 0 Å². The first-order chi connectivity index (χ1) is 6.79. The second-order valence-electron chi connectivity index (χ2n) is 2.94. The molecule has 0 unspecified atom stereocenters. The molecule has 0 saturated carbocycles. The topological polar surface area (TPSA) is 25.8 Å². The summed E-state index contributed by atoms with van der Waals surface area (Å²) in [7, 11) is 0. The molecule has 0 saturated heterocycles. The van der Waals surface area contributed by atoms with Crippen LogP contribution < -0.4 is 0 Å². The van der Waals surface area contributed by atoms with E-state index in [-0.39, 0.29) is 34.0 Å². The molecule has 16 heavy (non-hydrogen) atoms. The van der Waals surface area contributed by atoms with Gasteiger partial charge in [-0.1, -0.05) is 12.1 Å². The SMILES string of the molecule is Br.Br.Cc1ccccn1.Cc1ccccn1. The summed E-state index contributed by atoms with van der Waals surface area (Å²) >= 11 is 0. The molecule has 0 aliphatic carbocycles. The van der Waals surface area contributed by atoms with Crippen molar-refractivity contribution in [3.05, 3.63) is 60.2 Å². The maximum absolute atomic E-state index is 3.98. The summed E-state index contributed by atoms with van der Waals surface area (Å²) in [6.07, 6.45) is 3.57. The summed E-state index contributed by atoms with van der Waals surface area (Å²) in [5.41, 5.74) is 2.14. The molecule has 2 rings (SSSR count). The van der Waals surface area contributed by atoms with Crippen LogP contribution in [0.25, 0.3) is 0 Å². The Hall–Kier alpha value is -0.740. The lowest BCUT2D eigenvalue weighted by molar-refractivity contribution is 1.20. The van der Waals surface area contributed by atoms with E-state index in [1.165, 1.54) is 0 Å². The van der Waals surface area contributed by atoms with E-state index in [1.54, 1.807) is 12.4 Å². The third kappa shape index (κ3) is 8.56. The van der Waals surface area contributed by atoms with Crippen molar-refractivity contribution in [3.63, 3.8) is 0 Å². The summed E-state index contributed by atoms with van der Waals surface area (Å²) in [5.74, 6) is 0. The van der Waals surface area contributed by atoms with E-state index in [1.807, 2.05) is 50.2 Å². The van der Waals surface area contributed by atoms with Crippen molar-refractivity contribution >= 4 is 34.0 Å². The van der Waals surface area contributed by atoms with E-state index in [2.05, 4.69) is 9.97 Å². The number of rotatable bonds is 0. The van der Waals surface area contributed by atoms with Gasteiger partial charge < -0.3 is 0 Å². The van der Waals surface area contributed by atoms with Gasteiger partial charge in [0.2, 0.25) is 0 Å². The normalized spacial score (nSPS) is 7.62. The van der Waals surface area contributed by atoms with E-state index >= 15 is 0 Å². The quantitative estimate of drug-likeness (QED) is 0.721. The van der Waals surface area contributed by atoms with Crippen molar-refractivity contribution in [2.24, 2.45) is 0 Å². The molecule has 0 radical (unpaired) electrons. The fourth-order valence-corrected chi connectivity index (χ4v) is 0.896. The van der Waals surface area contributed by atoms with Gasteiger partial charge in [0.1, 0.15) is 0 Å². The standard InChI is InChI=1S/2C6H7N.2BrH/c2*1-6-4-2-3-5-7-6;;/h2*2-5H,1H3;2*1H. The van der Waals surface area contributed by atoms with Gasteiger partial charge in [-0.2, -0.15) is 0 Å². The highest BCUT2D eigenvalue weighted by molar-refractivity contribution is 8.93. The number of nitrogens with zero attached hydrogens (tertiary/aromatic N) is 2. The fraction of sp³-hybridized carbons (Fsp3) is 0.167. The van der Waals surface area contributed by atoms with Gasteiger partial charge in [-0.25, -0.2) is 0 Å². The van der Waals surface area contributed by atoms with E-state index in [9.17, 15) is 0 Å². The van der Waals surface area contributed by atoms with Gasteiger partial charge in [-0.05, 0) is 38.1 Å². The van der Waals surface area contributed by atoms with Gasteiger partial charge in [0, 0.05) is 23.8 Å². The Morgan fingerprint density at radius 2 is 1.06 bits per heavy atom. The Morgan fingerprint density at radius 3 is 1.19 bits per heavy atom. The average Bonchev–Trinajstić information content (AvgIpc) is 2.21. The van der Waals surface area contributed by atoms with Crippen LogP contribution in [0.4, 0.5) is 0 Å². The van der Waals surface area contributed by atoms with E-state index in [0.717, 1.165) is 11.4 Å². The minimum absolute atomic E-state index is 0. The van der Waals surface area contributed by atoms with Crippen molar-refractivity contribution in [1.82, 2.24) is 9.97 Å². The van der Waals surface area contributed by atoms with Gasteiger partial charge in [0.05, 0.1) is 0 Å². The van der Waals surface area contributed by atoms with Crippen LogP contribution >= 0.6 is 34.0 Å². The molecule has 0 aliphatic heterocycles. The van der Waals surface area contributed by atoms with Crippen LogP contribution in [0.1, 0.15) is 11.4 Å². The van der Waals surface area contributed by atoms with Gasteiger partial charge in [-0.3, -0.25) is 9.97 Å². The van der Waals surface area contributed by atoms with E-state index in [0.29, 0.717) is 0 Å². The van der Waals surface area contributed by atoms with Crippen LogP contribution in [0.5, 0.6) is 0 Å². The third-order valence-electron chi connectivity index (χ3n) is 1.63. The molecular weight excluding hydrogens is 332 g/mol. The monoisotopic (exact) mass is 346 g/mol. The summed E-state index contributed by atoms with van der Waals surface area (Å²) in [6, 6.07) is 11.7. The predicted octanol–water partition coefficient (Wildman–Crippen LogP) is 3.94. The van der Waals surface area contributed by atoms with Crippen LogP contribution in [0.2, 0.25) is 0 Å². The van der Waals surface area contributed by atoms with Crippen LogP contribution in [0, 0.1) is 13.8 Å². The van der Waals surface area contributed by atoms with Crippen molar-refractivity contribution < 1.29 is 0 Å². The highest BCUT2D eigenvalue weighted by atomic mass is 79.9. The number of hydrogen-bond donors (Lipinski definition) is 0. The van der Waals surface area contributed by atoms with E-state index < -0.39 is 0 Å². The van der Waals surface area contributed by atoms with Crippen molar-refractivity contribution in [2.45, 2.75) is 13.8 Å².